The molecule has 0 aromatic heterocycles. The van der Waals surface area contributed by atoms with E-state index in [4.69, 9.17) is 4.74 Å². The van der Waals surface area contributed by atoms with Crippen molar-refractivity contribution in [2.45, 2.75) is 25.3 Å². The molecule has 0 aliphatic rings. The Hall–Kier alpha value is -1.64. The molecule has 1 unspecified atom stereocenters. The number of nitrogens with zero attached hydrogens (tertiary/aromatic N) is 1. The Labute approximate surface area is 138 Å². The zero-order valence-corrected chi connectivity index (χ0v) is 14.8. The highest BCUT2D eigenvalue weighted by atomic mass is 32.2. The van der Waals surface area contributed by atoms with Crippen molar-refractivity contribution in [3.05, 3.63) is 35.4 Å². The Morgan fingerprint density at radius 1 is 1.26 bits per heavy atom. The first-order valence-electron chi connectivity index (χ1n) is 7.27. The van der Waals surface area contributed by atoms with Gasteiger partial charge in [0.2, 0.25) is 10.0 Å². The molecule has 2 N–H and O–H groups in total. The minimum Gasteiger partial charge on any atom is -0.383 e. The van der Waals surface area contributed by atoms with Crippen LogP contribution < -0.4 is 10.0 Å². The molecule has 2 amide bonds. The van der Waals surface area contributed by atoms with Crippen LogP contribution >= 0.6 is 0 Å². The molecule has 1 aromatic carbocycles. The average Bonchev–Trinajstić information content (AvgIpc) is 2.53. The molecule has 0 aliphatic carbocycles. The lowest BCUT2D eigenvalue weighted by Crippen LogP contribution is -2.43. The summed E-state index contributed by atoms with van der Waals surface area (Å²) in [5.74, 6) is -0.0621. The lowest BCUT2D eigenvalue weighted by Gasteiger charge is -2.24. The Kier molecular flexibility index (Phi) is 7.47. The van der Waals surface area contributed by atoms with Crippen LogP contribution in [0.15, 0.2) is 24.3 Å². The maximum Gasteiger partial charge on any atom is 0.317 e. The fourth-order valence-electron chi connectivity index (χ4n) is 1.90. The molecule has 0 fully saturated rings. The predicted molar refractivity (Wildman–Crippen MR) is 89.5 cm³/mol. The summed E-state index contributed by atoms with van der Waals surface area (Å²) < 4.78 is 30.3. The summed E-state index contributed by atoms with van der Waals surface area (Å²) in [6, 6.07) is 6.89. The van der Waals surface area contributed by atoms with Gasteiger partial charge in [-0.25, -0.2) is 17.9 Å². The Morgan fingerprint density at radius 2 is 1.83 bits per heavy atom. The highest BCUT2D eigenvalue weighted by molar-refractivity contribution is 7.88. The molecule has 0 saturated carbocycles. The number of amides is 2. The quantitative estimate of drug-likeness (QED) is 0.734. The van der Waals surface area contributed by atoms with Gasteiger partial charge in [0.1, 0.15) is 0 Å². The zero-order valence-electron chi connectivity index (χ0n) is 14.0. The number of carbonyl (C=O) groups is 1. The highest BCUT2D eigenvalue weighted by Gasteiger charge is 2.15. The second-order valence-corrected chi connectivity index (χ2v) is 7.28. The van der Waals surface area contributed by atoms with Gasteiger partial charge in [-0.2, -0.15) is 0 Å². The normalized spacial score (nSPS) is 12.7. The van der Waals surface area contributed by atoms with Crippen LogP contribution in [0.5, 0.6) is 0 Å². The van der Waals surface area contributed by atoms with Gasteiger partial charge in [0.05, 0.1) is 18.4 Å². The number of hydrogen-bond donors (Lipinski definition) is 2. The van der Waals surface area contributed by atoms with E-state index in [0.717, 1.165) is 5.56 Å². The molecular weight excluding hydrogens is 318 g/mol. The van der Waals surface area contributed by atoms with Crippen LogP contribution in [0.3, 0.4) is 0 Å². The van der Waals surface area contributed by atoms with Crippen molar-refractivity contribution in [3.63, 3.8) is 0 Å². The van der Waals surface area contributed by atoms with Crippen molar-refractivity contribution in [1.29, 1.82) is 0 Å². The van der Waals surface area contributed by atoms with E-state index < -0.39 is 10.0 Å². The van der Waals surface area contributed by atoms with Gasteiger partial charge in [-0.3, -0.25) is 0 Å². The average molecular weight is 343 g/mol. The summed E-state index contributed by atoms with van der Waals surface area (Å²) in [7, 11) is 1.42. The molecule has 1 atom stereocenters. The fraction of sp³-hybridized carbons (Fsp3) is 0.533. The fourth-order valence-corrected chi connectivity index (χ4v) is 2.68. The number of methoxy groups -OCH3 is 1. The smallest absolute Gasteiger partial charge is 0.317 e. The van der Waals surface area contributed by atoms with Crippen molar-refractivity contribution < 1.29 is 17.9 Å². The third kappa shape index (κ3) is 6.55. The summed E-state index contributed by atoms with van der Waals surface area (Å²) in [4.78, 5) is 13.6. The van der Waals surface area contributed by atoms with Gasteiger partial charge in [0, 0.05) is 20.7 Å². The highest BCUT2D eigenvalue weighted by Crippen LogP contribution is 2.08. The number of urea groups is 1. The van der Waals surface area contributed by atoms with E-state index in [-0.39, 0.29) is 17.8 Å². The molecule has 23 heavy (non-hydrogen) atoms. The maximum absolute atomic E-state index is 12.0. The molecule has 7 nitrogen and oxygen atoms in total. The van der Waals surface area contributed by atoms with Crippen molar-refractivity contribution in [2.24, 2.45) is 0 Å². The Bertz CT molecular complexity index is 602. The van der Waals surface area contributed by atoms with Gasteiger partial charge >= 0.3 is 6.03 Å². The number of rotatable bonds is 8. The molecule has 0 saturated heterocycles. The lowest BCUT2D eigenvalue weighted by atomic mass is 10.1. The molecule has 0 bridgehead atoms. The molecule has 0 spiro atoms. The van der Waals surface area contributed by atoms with Gasteiger partial charge in [-0.15, -0.1) is 0 Å². The van der Waals surface area contributed by atoms with E-state index in [2.05, 4.69) is 10.0 Å². The third-order valence-corrected chi connectivity index (χ3v) is 4.86. The van der Waals surface area contributed by atoms with Crippen LogP contribution in [0.25, 0.3) is 0 Å². The second kappa shape index (κ2) is 8.85. The van der Waals surface area contributed by atoms with Crippen molar-refractivity contribution in [1.82, 2.24) is 14.9 Å². The topological polar surface area (TPSA) is 87.7 Å². The van der Waals surface area contributed by atoms with Crippen LogP contribution in [-0.4, -0.2) is 53.2 Å². The number of ether oxygens (including phenoxy) is 1. The minimum atomic E-state index is -3.28. The molecule has 0 aliphatic heterocycles. The number of hydrogen-bond acceptors (Lipinski definition) is 4. The minimum absolute atomic E-state index is 0.0193. The van der Waals surface area contributed by atoms with Crippen molar-refractivity contribution in [2.75, 3.05) is 27.8 Å². The molecule has 0 heterocycles. The summed E-state index contributed by atoms with van der Waals surface area (Å²) in [5, 5.41) is 2.82. The molecule has 8 heteroatoms. The van der Waals surface area contributed by atoms with Crippen LogP contribution in [0.2, 0.25) is 0 Å². The standard InChI is InChI=1S/C15H25N3O4S/c1-12(10-22-4)18(3)15(19)17-9-13-5-7-14(8-6-13)11-23(20,21)16-2/h5-8,12,16H,9-11H2,1-4H3,(H,17,19). The number of nitrogens with one attached hydrogen (secondary N) is 2. The largest absolute Gasteiger partial charge is 0.383 e. The molecule has 1 aromatic rings. The number of carbonyl (C=O) groups excluding carboxylic acids is 1. The molecular formula is C15H25N3O4S. The molecule has 1 rings (SSSR count). The van der Waals surface area contributed by atoms with E-state index in [1.807, 2.05) is 6.92 Å². The van der Waals surface area contributed by atoms with Crippen molar-refractivity contribution >= 4 is 16.1 Å². The predicted octanol–water partition coefficient (Wildman–Crippen LogP) is 0.912. The SMILES string of the molecule is CNS(=O)(=O)Cc1ccc(CNC(=O)N(C)C(C)COC)cc1. The van der Waals surface area contributed by atoms with E-state index in [1.165, 1.54) is 7.05 Å². The molecule has 0 radical (unpaired) electrons. The third-order valence-electron chi connectivity index (χ3n) is 3.52. The second-order valence-electron chi connectivity index (χ2n) is 5.35. The maximum atomic E-state index is 12.0. The number of benzene rings is 1. The first kappa shape index (κ1) is 19.4. The number of likely N-dealkylation sites (N-methyl/N-ethyl adjacent to an activating group) is 1. The first-order valence-corrected chi connectivity index (χ1v) is 8.93. The van der Waals surface area contributed by atoms with Crippen LogP contribution in [0, 0.1) is 0 Å². The van der Waals surface area contributed by atoms with Crippen LogP contribution in [-0.2, 0) is 27.1 Å². The monoisotopic (exact) mass is 343 g/mol. The summed E-state index contributed by atoms with van der Waals surface area (Å²) in [5.41, 5.74) is 1.59. The Morgan fingerprint density at radius 3 is 2.35 bits per heavy atom. The van der Waals surface area contributed by atoms with Gasteiger partial charge in [0.15, 0.2) is 0 Å². The van der Waals surface area contributed by atoms with Crippen molar-refractivity contribution in [3.8, 4) is 0 Å². The Balaban J connectivity index is 2.54. The van der Waals surface area contributed by atoms with Gasteiger partial charge in [-0.05, 0) is 25.1 Å². The molecule has 130 valence electrons. The van der Waals surface area contributed by atoms with Crippen LogP contribution in [0.4, 0.5) is 4.79 Å². The van der Waals surface area contributed by atoms with E-state index >= 15 is 0 Å². The van der Waals surface area contributed by atoms with E-state index in [0.29, 0.717) is 18.7 Å². The summed E-state index contributed by atoms with van der Waals surface area (Å²) >= 11 is 0. The summed E-state index contributed by atoms with van der Waals surface area (Å²) in [6.07, 6.45) is 0. The zero-order chi connectivity index (χ0) is 17.5. The number of sulfonamides is 1. The van der Waals surface area contributed by atoms with E-state index in [9.17, 15) is 13.2 Å². The van der Waals surface area contributed by atoms with E-state index in [1.54, 1.807) is 43.3 Å². The van der Waals surface area contributed by atoms with Crippen LogP contribution in [0.1, 0.15) is 18.1 Å². The van der Waals surface area contributed by atoms with Gasteiger partial charge < -0.3 is 15.0 Å². The first-order chi connectivity index (χ1) is 10.8. The summed E-state index contributed by atoms with van der Waals surface area (Å²) in [6.45, 7) is 2.75. The van der Waals surface area contributed by atoms with Gasteiger partial charge in [0.25, 0.3) is 0 Å². The van der Waals surface area contributed by atoms with Gasteiger partial charge in [-0.1, -0.05) is 24.3 Å². The lowest BCUT2D eigenvalue weighted by molar-refractivity contribution is 0.123.